The molecule has 17 heavy (non-hydrogen) atoms. The summed E-state index contributed by atoms with van der Waals surface area (Å²) < 4.78 is 14.1. The van der Waals surface area contributed by atoms with Gasteiger partial charge in [0.25, 0.3) is 0 Å². The first-order valence-electron chi connectivity index (χ1n) is 4.64. The molecule has 0 saturated heterocycles. The van der Waals surface area contributed by atoms with Crippen LogP contribution in [0.1, 0.15) is 5.69 Å². The molecule has 0 aliphatic heterocycles. The van der Waals surface area contributed by atoms with Gasteiger partial charge in [-0.05, 0) is 25.1 Å². The van der Waals surface area contributed by atoms with E-state index in [1.54, 1.807) is 18.2 Å². The Morgan fingerprint density at radius 1 is 1.24 bits per heavy atom. The summed E-state index contributed by atoms with van der Waals surface area (Å²) in [5.74, 6) is -0.267. The van der Waals surface area contributed by atoms with Gasteiger partial charge >= 0.3 is 0 Å². The van der Waals surface area contributed by atoms with Crippen LogP contribution in [0.25, 0.3) is 11.4 Å². The molecule has 0 N–H and O–H groups in total. The van der Waals surface area contributed by atoms with Crippen LogP contribution in [0, 0.1) is 12.7 Å². The van der Waals surface area contributed by atoms with Crippen LogP contribution in [-0.2, 0) is 0 Å². The Hall–Kier alpha value is -0.710. The van der Waals surface area contributed by atoms with Crippen molar-refractivity contribution in [3.63, 3.8) is 0 Å². The lowest BCUT2D eigenvalue weighted by atomic mass is 10.2. The number of hydrogen-bond donors (Lipinski definition) is 0. The molecule has 1 aromatic heterocycles. The zero-order valence-electron chi connectivity index (χ0n) is 8.64. The third-order valence-corrected chi connectivity index (χ3v) is 3.32. The van der Waals surface area contributed by atoms with E-state index in [-0.39, 0.29) is 10.8 Å². The standard InChI is InChI=1S/C11H6BrCl2FN2/c1-5-9(15)10(14)17-11(16-5)7-4-6(13)2-3-8(7)12/h2-4H,1H3. The van der Waals surface area contributed by atoms with Crippen molar-refractivity contribution in [2.24, 2.45) is 0 Å². The maximum Gasteiger partial charge on any atom is 0.181 e. The van der Waals surface area contributed by atoms with Gasteiger partial charge in [0.1, 0.15) is 0 Å². The van der Waals surface area contributed by atoms with E-state index in [1.165, 1.54) is 6.92 Å². The highest BCUT2D eigenvalue weighted by molar-refractivity contribution is 9.10. The fourth-order valence-electron chi connectivity index (χ4n) is 1.31. The Morgan fingerprint density at radius 2 is 1.94 bits per heavy atom. The van der Waals surface area contributed by atoms with Crippen LogP contribution in [0.15, 0.2) is 22.7 Å². The van der Waals surface area contributed by atoms with Gasteiger partial charge in [-0.2, -0.15) is 0 Å². The van der Waals surface area contributed by atoms with Gasteiger partial charge < -0.3 is 0 Å². The number of aromatic nitrogens is 2. The molecular formula is C11H6BrCl2FN2. The summed E-state index contributed by atoms with van der Waals surface area (Å²) >= 11 is 14.9. The molecule has 6 heteroatoms. The second-order valence-corrected chi connectivity index (χ2v) is 5.01. The van der Waals surface area contributed by atoms with Gasteiger partial charge in [-0.3, -0.25) is 0 Å². The van der Waals surface area contributed by atoms with Gasteiger partial charge in [-0.1, -0.05) is 39.1 Å². The van der Waals surface area contributed by atoms with E-state index in [4.69, 9.17) is 23.2 Å². The SMILES string of the molecule is Cc1nc(-c2cc(Cl)ccc2Br)nc(Cl)c1F. The minimum absolute atomic E-state index is 0.195. The molecule has 0 aliphatic carbocycles. The van der Waals surface area contributed by atoms with Crippen molar-refractivity contribution >= 4 is 39.1 Å². The summed E-state index contributed by atoms with van der Waals surface area (Å²) in [6, 6.07) is 5.19. The van der Waals surface area contributed by atoms with Crippen LogP contribution in [0.3, 0.4) is 0 Å². The fourth-order valence-corrected chi connectivity index (χ4v) is 2.13. The second kappa shape index (κ2) is 4.88. The Kier molecular flexibility index (Phi) is 3.66. The number of aryl methyl sites for hydroxylation is 1. The molecule has 2 nitrogen and oxygen atoms in total. The zero-order valence-corrected chi connectivity index (χ0v) is 11.7. The number of rotatable bonds is 1. The van der Waals surface area contributed by atoms with Crippen LogP contribution in [0.2, 0.25) is 10.2 Å². The highest BCUT2D eigenvalue weighted by atomic mass is 79.9. The maximum atomic E-state index is 13.3. The number of nitrogens with zero attached hydrogens (tertiary/aromatic N) is 2. The Labute approximate surface area is 116 Å². The highest BCUT2D eigenvalue weighted by Crippen LogP contribution is 2.30. The lowest BCUT2D eigenvalue weighted by molar-refractivity contribution is 0.603. The van der Waals surface area contributed by atoms with Crippen LogP contribution in [0.5, 0.6) is 0 Å². The van der Waals surface area contributed by atoms with Gasteiger partial charge in [0, 0.05) is 15.1 Å². The first kappa shape index (κ1) is 12.7. The molecule has 88 valence electrons. The third kappa shape index (κ3) is 2.59. The van der Waals surface area contributed by atoms with Crippen molar-refractivity contribution in [3.05, 3.63) is 44.4 Å². The monoisotopic (exact) mass is 334 g/mol. The minimum atomic E-state index is -0.603. The molecule has 2 aromatic rings. The molecule has 1 heterocycles. The lowest BCUT2D eigenvalue weighted by Crippen LogP contribution is -1.97. The average Bonchev–Trinajstić information content (AvgIpc) is 2.28. The molecule has 0 atom stereocenters. The van der Waals surface area contributed by atoms with Gasteiger partial charge in [0.2, 0.25) is 0 Å². The van der Waals surface area contributed by atoms with Gasteiger partial charge in [-0.15, -0.1) is 0 Å². The van der Waals surface area contributed by atoms with E-state index in [1.807, 2.05) is 0 Å². The predicted octanol–water partition coefficient (Wildman–Crippen LogP) is 4.66. The van der Waals surface area contributed by atoms with E-state index in [9.17, 15) is 4.39 Å². The molecule has 1 aromatic carbocycles. The smallest absolute Gasteiger partial charge is 0.181 e. The van der Waals surface area contributed by atoms with Crippen LogP contribution >= 0.6 is 39.1 Å². The predicted molar refractivity (Wildman–Crippen MR) is 69.9 cm³/mol. The van der Waals surface area contributed by atoms with E-state index < -0.39 is 5.82 Å². The molecule has 0 radical (unpaired) electrons. The highest BCUT2D eigenvalue weighted by Gasteiger charge is 2.13. The van der Waals surface area contributed by atoms with E-state index in [2.05, 4.69) is 25.9 Å². The van der Waals surface area contributed by atoms with Crippen molar-refractivity contribution in [1.29, 1.82) is 0 Å². The molecule has 0 aliphatic rings. The molecule has 0 spiro atoms. The lowest BCUT2D eigenvalue weighted by Gasteiger charge is -2.06. The second-order valence-electron chi connectivity index (χ2n) is 3.36. The van der Waals surface area contributed by atoms with Gasteiger partial charge in [0.15, 0.2) is 16.8 Å². The van der Waals surface area contributed by atoms with Gasteiger partial charge in [0.05, 0.1) is 5.69 Å². The Morgan fingerprint density at radius 3 is 2.59 bits per heavy atom. The summed E-state index contributed by atoms with van der Waals surface area (Å²) in [6.07, 6.45) is 0. The first-order chi connectivity index (χ1) is 7.99. The van der Waals surface area contributed by atoms with Crippen molar-refractivity contribution in [2.45, 2.75) is 6.92 Å². The van der Waals surface area contributed by atoms with Crippen LogP contribution in [-0.4, -0.2) is 9.97 Å². The van der Waals surface area contributed by atoms with Crippen molar-refractivity contribution in [2.75, 3.05) is 0 Å². The minimum Gasteiger partial charge on any atom is -0.230 e. The van der Waals surface area contributed by atoms with E-state index in [0.29, 0.717) is 16.4 Å². The summed E-state index contributed by atoms with van der Waals surface area (Å²) in [5.41, 5.74) is 0.870. The topological polar surface area (TPSA) is 25.8 Å². The van der Waals surface area contributed by atoms with Crippen LogP contribution < -0.4 is 0 Å². The Bertz CT molecular complexity index is 567. The molecule has 0 unspecified atom stereocenters. The third-order valence-electron chi connectivity index (χ3n) is 2.15. The van der Waals surface area contributed by atoms with Crippen molar-refractivity contribution in [3.8, 4) is 11.4 Å². The summed E-state index contributed by atoms with van der Waals surface area (Å²) in [6.45, 7) is 1.53. The summed E-state index contributed by atoms with van der Waals surface area (Å²) in [7, 11) is 0. The molecule has 0 amide bonds. The maximum absolute atomic E-state index is 13.3. The molecule has 0 fully saturated rings. The molecular weight excluding hydrogens is 330 g/mol. The molecule has 0 bridgehead atoms. The van der Waals surface area contributed by atoms with Gasteiger partial charge in [-0.25, -0.2) is 14.4 Å². The number of hydrogen-bond acceptors (Lipinski definition) is 2. The zero-order chi connectivity index (χ0) is 12.6. The molecule has 2 rings (SSSR count). The number of halogens is 4. The fraction of sp³-hybridized carbons (Fsp3) is 0.0909. The Balaban J connectivity index is 2.64. The number of benzene rings is 1. The quantitative estimate of drug-likeness (QED) is 0.708. The molecule has 0 saturated carbocycles. The first-order valence-corrected chi connectivity index (χ1v) is 6.19. The largest absolute Gasteiger partial charge is 0.230 e. The normalized spacial score (nSPS) is 10.6. The van der Waals surface area contributed by atoms with Crippen molar-refractivity contribution in [1.82, 2.24) is 9.97 Å². The van der Waals surface area contributed by atoms with Crippen molar-refractivity contribution < 1.29 is 4.39 Å². The summed E-state index contributed by atoms with van der Waals surface area (Å²) in [5, 5.41) is 0.351. The summed E-state index contributed by atoms with van der Waals surface area (Å²) in [4.78, 5) is 7.94. The van der Waals surface area contributed by atoms with Crippen LogP contribution in [0.4, 0.5) is 4.39 Å². The van der Waals surface area contributed by atoms with E-state index in [0.717, 1.165) is 4.47 Å². The average molecular weight is 336 g/mol. The van der Waals surface area contributed by atoms with E-state index >= 15 is 0 Å².